The molecule has 0 aliphatic rings. The number of anilines is 1. The van der Waals surface area contributed by atoms with Crippen molar-refractivity contribution >= 4 is 34.0 Å². The number of carbonyl (C=O) groups excluding carboxylic acids is 2. The first-order chi connectivity index (χ1) is 17.2. The molecule has 0 saturated carbocycles. The first kappa shape index (κ1) is 26.2. The van der Waals surface area contributed by atoms with Crippen molar-refractivity contribution < 1.29 is 32.2 Å². The average Bonchev–Trinajstić information content (AvgIpc) is 2.87. The molecular weight excluding hydrogens is 486 g/mol. The van der Waals surface area contributed by atoms with Crippen molar-refractivity contribution in [2.75, 3.05) is 24.8 Å². The van der Waals surface area contributed by atoms with Crippen LogP contribution in [0, 0.1) is 0 Å². The van der Waals surface area contributed by atoms with Crippen molar-refractivity contribution in [2.24, 2.45) is 5.10 Å². The van der Waals surface area contributed by atoms with Gasteiger partial charge >= 0.3 is 6.16 Å². The van der Waals surface area contributed by atoms with Gasteiger partial charge in [0.1, 0.15) is 0 Å². The molecule has 0 fully saturated rings. The fraction of sp³-hybridized carbons (Fsp3) is 0.160. The minimum atomic E-state index is -3.70. The summed E-state index contributed by atoms with van der Waals surface area (Å²) in [5.41, 5.74) is 4.08. The minimum absolute atomic E-state index is 0.0625. The molecule has 1 amide bonds. The molecule has 0 aromatic heterocycles. The summed E-state index contributed by atoms with van der Waals surface area (Å²) in [6.07, 6.45) is 1.56. The Hall–Kier alpha value is -4.38. The van der Waals surface area contributed by atoms with Gasteiger partial charge in [-0.15, -0.1) is 0 Å². The number of rotatable bonds is 9. The summed E-state index contributed by atoms with van der Waals surface area (Å²) in [4.78, 5) is 24.3. The number of sulfonamides is 1. The van der Waals surface area contributed by atoms with E-state index in [1.54, 1.807) is 42.5 Å². The molecule has 3 aromatic carbocycles. The molecule has 1 N–H and O–H groups in total. The summed E-state index contributed by atoms with van der Waals surface area (Å²) in [6.45, 7) is 0.0625. The van der Waals surface area contributed by atoms with Gasteiger partial charge in [-0.2, -0.15) is 5.10 Å². The van der Waals surface area contributed by atoms with E-state index in [-0.39, 0.29) is 29.3 Å². The van der Waals surface area contributed by atoms with Gasteiger partial charge < -0.3 is 14.2 Å². The number of amides is 1. The van der Waals surface area contributed by atoms with Gasteiger partial charge in [-0.3, -0.25) is 9.10 Å². The third-order valence-electron chi connectivity index (χ3n) is 4.91. The molecule has 0 saturated heterocycles. The standard InChI is InChI=1S/C25H25N3O7S/c1-33-23-15-19(13-14-22(23)35-25(30)34-2)16-26-27-24(29)20-11-7-8-12-21(20)28(36(3,31)32)17-18-9-5-4-6-10-18/h4-16H,17H2,1-3H3,(H,27,29)/b26-16+. The first-order valence-electron chi connectivity index (χ1n) is 10.6. The highest BCUT2D eigenvalue weighted by Gasteiger charge is 2.23. The Morgan fingerprint density at radius 1 is 0.972 bits per heavy atom. The first-order valence-corrected chi connectivity index (χ1v) is 12.5. The maximum Gasteiger partial charge on any atom is 0.513 e. The quantitative estimate of drug-likeness (QED) is 0.202. The number of benzene rings is 3. The van der Waals surface area contributed by atoms with Gasteiger partial charge in [0.2, 0.25) is 10.0 Å². The number of hydrazone groups is 1. The average molecular weight is 512 g/mol. The predicted molar refractivity (Wildman–Crippen MR) is 135 cm³/mol. The second-order valence-corrected chi connectivity index (χ2v) is 9.34. The van der Waals surface area contributed by atoms with Crippen LogP contribution in [0.15, 0.2) is 77.9 Å². The molecule has 0 aliphatic heterocycles. The lowest BCUT2D eigenvalue weighted by Crippen LogP contribution is -2.32. The zero-order valence-corrected chi connectivity index (χ0v) is 20.7. The highest BCUT2D eigenvalue weighted by atomic mass is 32.2. The molecule has 0 aliphatic carbocycles. The van der Waals surface area contributed by atoms with E-state index < -0.39 is 22.1 Å². The summed E-state index contributed by atoms with van der Waals surface area (Å²) >= 11 is 0. The Morgan fingerprint density at radius 2 is 1.67 bits per heavy atom. The van der Waals surface area contributed by atoms with Gasteiger partial charge in [-0.1, -0.05) is 42.5 Å². The Morgan fingerprint density at radius 3 is 2.33 bits per heavy atom. The lowest BCUT2D eigenvalue weighted by Gasteiger charge is -2.24. The van der Waals surface area contributed by atoms with Crippen LogP contribution in [-0.2, 0) is 21.3 Å². The third kappa shape index (κ3) is 6.83. The molecule has 3 aromatic rings. The Bertz CT molecular complexity index is 1360. The van der Waals surface area contributed by atoms with Gasteiger partial charge in [0.25, 0.3) is 5.91 Å². The summed E-state index contributed by atoms with van der Waals surface area (Å²) in [5.74, 6) is -0.189. The molecule has 11 heteroatoms. The van der Waals surface area contributed by atoms with Crippen LogP contribution >= 0.6 is 0 Å². The Labute approximate surface area is 209 Å². The van der Waals surface area contributed by atoms with Crippen LogP contribution in [0.1, 0.15) is 21.5 Å². The van der Waals surface area contributed by atoms with E-state index in [2.05, 4.69) is 15.3 Å². The zero-order valence-electron chi connectivity index (χ0n) is 19.9. The number of methoxy groups -OCH3 is 2. The van der Waals surface area contributed by atoms with Crippen LogP contribution in [0.2, 0.25) is 0 Å². The Kier molecular flexibility index (Phi) is 8.63. The molecule has 3 rings (SSSR count). The van der Waals surface area contributed by atoms with Gasteiger partial charge in [-0.05, 0) is 41.5 Å². The molecule has 0 radical (unpaired) electrons. The van der Waals surface area contributed by atoms with Crippen LogP contribution in [0.3, 0.4) is 0 Å². The van der Waals surface area contributed by atoms with Crippen molar-refractivity contribution in [3.8, 4) is 11.5 Å². The fourth-order valence-corrected chi connectivity index (χ4v) is 4.12. The SMILES string of the molecule is COC(=O)Oc1ccc(/C=N/NC(=O)c2ccccc2N(Cc2ccccc2)S(C)(=O)=O)cc1OC. The molecule has 0 heterocycles. The molecule has 36 heavy (non-hydrogen) atoms. The summed E-state index contributed by atoms with van der Waals surface area (Å²) in [7, 11) is -1.11. The fourth-order valence-electron chi connectivity index (χ4n) is 3.22. The summed E-state index contributed by atoms with van der Waals surface area (Å²) in [5, 5.41) is 3.97. The van der Waals surface area contributed by atoms with Gasteiger partial charge in [0, 0.05) is 0 Å². The molecule has 188 valence electrons. The van der Waals surface area contributed by atoms with Gasteiger partial charge in [0.05, 0.1) is 44.5 Å². The second kappa shape index (κ2) is 11.8. The maximum atomic E-state index is 12.9. The number of hydrogen-bond donors (Lipinski definition) is 1. The van der Waals surface area contributed by atoms with E-state index in [1.807, 2.05) is 18.2 Å². The van der Waals surface area contributed by atoms with Crippen molar-refractivity contribution in [3.05, 3.63) is 89.5 Å². The summed E-state index contributed by atoms with van der Waals surface area (Å²) in [6, 6.07) is 20.1. The van der Waals surface area contributed by atoms with Crippen molar-refractivity contribution in [1.29, 1.82) is 0 Å². The smallest absolute Gasteiger partial charge is 0.493 e. The molecular formula is C25H25N3O7S. The lowest BCUT2D eigenvalue weighted by molar-refractivity contribution is 0.0955. The molecule has 0 spiro atoms. The number of nitrogens with one attached hydrogen (secondary N) is 1. The van der Waals surface area contributed by atoms with E-state index in [4.69, 9.17) is 9.47 Å². The maximum absolute atomic E-state index is 12.9. The van der Waals surface area contributed by atoms with Crippen molar-refractivity contribution in [1.82, 2.24) is 5.43 Å². The highest BCUT2D eigenvalue weighted by Crippen LogP contribution is 2.28. The van der Waals surface area contributed by atoms with Gasteiger partial charge in [0.15, 0.2) is 11.5 Å². The van der Waals surface area contributed by atoms with E-state index in [0.29, 0.717) is 5.56 Å². The van der Waals surface area contributed by atoms with Crippen molar-refractivity contribution in [2.45, 2.75) is 6.54 Å². The predicted octanol–water partition coefficient (Wildman–Crippen LogP) is 3.57. The van der Waals surface area contributed by atoms with E-state index >= 15 is 0 Å². The highest BCUT2D eigenvalue weighted by molar-refractivity contribution is 7.92. The monoisotopic (exact) mass is 511 g/mol. The van der Waals surface area contributed by atoms with Crippen molar-refractivity contribution in [3.63, 3.8) is 0 Å². The van der Waals surface area contributed by atoms with Crippen LogP contribution < -0.4 is 19.2 Å². The van der Waals surface area contributed by atoms with Crippen LogP contribution in [0.4, 0.5) is 10.5 Å². The normalized spacial score (nSPS) is 11.1. The number of ether oxygens (including phenoxy) is 3. The summed E-state index contributed by atoms with van der Waals surface area (Å²) < 4.78 is 41.0. The topological polar surface area (TPSA) is 124 Å². The van der Waals surface area contributed by atoms with Gasteiger partial charge in [-0.25, -0.2) is 18.6 Å². The molecule has 0 unspecified atom stereocenters. The molecule has 10 nitrogen and oxygen atoms in total. The number of para-hydroxylation sites is 1. The largest absolute Gasteiger partial charge is 0.513 e. The van der Waals surface area contributed by atoms with E-state index in [9.17, 15) is 18.0 Å². The molecule has 0 atom stereocenters. The number of hydrogen-bond acceptors (Lipinski definition) is 8. The zero-order chi connectivity index (χ0) is 26.1. The lowest BCUT2D eigenvalue weighted by atomic mass is 10.1. The van der Waals surface area contributed by atoms with Crippen LogP contribution in [-0.4, -0.2) is 47.2 Å². The second-order valence-electron chi connectivity index (χ2n) is 7.44. The van der Waals surface area contributed by atoms with E-state index in [0.717, 1.165) is 11.8 Å². The van der Waals surface area contributed by atoms with Crippen LogP contribution in [0.5, 0.6) is 11.5 Å². The minimum Gasteiger partial charge on any atom is -0.493 e. The number of nitrogens with zero attached hydrogens (tertiary/aromatic N) is 2. The molecule has 0 bridgehead atoms. The van der Waals surface area contributed by atoms with E-state index in [1.165, 1.54) is 36.9 Å². The third-order valence-corrected chi connectivity index (χ3v) is 6.04. The van der Waals surface area contributed by atoms with Crippen LogP contribution in [0.25, 0.3) is 0 Å². The Balaban J connectivity index is 1.80. The number of carbonyl (C=O) groups is 2.